The first-order valence-electron chi connectivity index (χ1n) is 7.33. The minimum atomic E-state index is -4.84. The number of halogens is 6. The highest BCUT2D eigenvalue weighted by Gasteiger charge is 2.36. The van der Waals surface area contributed by atoms with Gasteiger partial charge in [-0.1, -0.05) is 24.3 Å². The molecule has 0 saturated carbocycles. The molecule has 0 aliphatic heterocycles. The zero-order chi connectivity index (χ0) is 20.3. The van der Waals surface area contributed by atoms with E-state index in [-0.39, 0.29) is 12.3 Å². The van der Waals surface area contributed by atoms with Gasteiger partial charge in [0.2, 0.25) is 10.0 Å². The molecule has 0 fully saturated rings. The third-order valence-electron chi connectivity index (χ3n) is 3.27. The SMILES string of the molecule is O=S(=O)(NCc1ccc(OCC(F)(F)F)cc1)c1ccccc1C(F)(F)F. The van der Waals surface area contributed by atoms with Gasteiger partial charge in [-0.25, -0.2) is 13.1 Å². The molecule has 4 nitrogen and oxygen atoms in total. The summed E-state index contributed by atoms with van der Waals surface area (Å²) in [6.45, 7) is -1.83. The van der Waals surface area contributed by atoms with Crippen molar-refractivity contribution in [2.24, 2.45) is 0 Å². The molecule has 0 radical (unpaired) electrons. The van der Waals surface area contributed by atoms with Crippen molar-refractivity contribution in [2.75, 3.05) is 6.61 Å². The van der Waals surface area contributed by atoms with Gasteiger partial charge >= 0.3 is 12.4 Å². The number of hydrogen-bond acceptors (Lipinski definition) is 3. The molecule has 2 aromatic rings. The molecule has 2 rings (SSSR count). The fraction of sp³-hybridized carbons (Fsp3) is 0.250. The van der Waals surface area contributed by atoms with Crippen LogP contribution in [0.4, 0.5) is 26.3 Å². The van der Waals surface area contributed by atoms with Crippen molar-refractivity contribution >= 4 is 10.0 Å². The summed E-state index contributed by atoms with van der Waals surface area (Å²) in [6, 6.07) is 8.70. The number of hydrogen-bond donors (Lipinski definition) is 1. The van der Waals surface area contributed by atoms with E-state index in [2.05, 4.69) is 4.74 Å². The van der Waals surface area contributed by atoms with Gasteiger partial charge in [0.05, 0.1) is 10.5 Å². The molecule has 0 unspecified atom stereocenters. The highest BCUT2D eigenvalue weighted by molar-refractivity contribution is 7.89. The van der Waals surface area contributed by atoms with Crippen LogP contribution in [0.5, 0.6) is 5.75 Å². The highest BCUT2D eigenvalue weighted by Crippen LogP contribution is 2.33. The number of ether oxygens (including phenoxy) is 1. The standard InChI is InChI=1S/C16H13F6NO3S/c17-15(18,19)10-26-12-7-5-11(6-8-12)9-23-27(24,25)14-4-2-1-3-13(14)16(20,21)22/h1-8,23H,9-10H2. The van der Waals surface area contributed by atoms with Crippen LogP contribution >= 0.6 is 0 Å². The smallest absolute Gasteiger partial charge is 0.422 e. The largest absolute Gasteiger partial charge is 0.484 e. The summed E-state index contributed by atoms with van der Waals surface area (Å²) >= 11 is 0. The van der Waals surface area contributed by atoms with Gasteiger partial charge in [-0.2, -0.15) is 26.3 Å². The first-order valence-corrected chi connectivity index (χ1v) is 8.81. The number of alkyl halides is 6. The van der Waals surface area contributed by atoms with Gasteiger partial charge in [0, 0.05) is 6.54 Å². The van der Waals surface area contributed by atoms with E-state index < -0.39 is 39.4 Å². The van der Waals surface area contributed by atoms with Crippen molar-refractivity contribution in [3.8, 4) is 5.75 Å². The maximum Gasteiger partial charge on any atom is 0.422 e. The van der Waals surface area contributed by atoms with Crippen molar-refractivity contribution in [3.05, 3.63) is 59.7 Å². The Hall–Kier alpha value is -2.27. The van der Waals surface area contributed by atoms with Crippen LogP contribution in [-0.2, 0) is 22.7 Å². The summed E-state index contributed by atoms with van der Waals surface area (Å²) in [5.74, 6) is -0.0821. The monoisotopic (exact) mass is 413 g/mol. The molecule has 0 aliphatic carbocycles. The Bertz CT molecular complexity index is 876. The van der Waals surface area contributed by atoms with Crippen LogP contribution in [0.1, 0.15) is 11.1 Å². The number of sulfonamides is 1. The molecule has 11 heteroatoms. The molecule has 148 valence electrons. The van der Waals surface area contributed by atoms with Gasteiger partial charge in [0.25, 0.3) is 0 Å². The second-order valence-electron chi connectivity index (χ2n) is 5.37. The zero-order valence-corrected chi connectivity index (χ0v) is 14.3. The van der Waals surface area contributed by atoms with Crippen molar-refractivity contribution in [1.29, 1.82) is 0 Å². The van der Waals surface area contributed by atoms with Gasteiger partial charge in [-0.05, 0) is 29.8 Å². The molecule has 1 N–H and O–H groups in total. The maximum atomic E-state index is 13.0. The maximum absolute atomic E-state index is 13.0. The Morgan fingerprint density at radius 2 is 1.48 bits per heavy atom. The normalized spacial score (nSPS) is 12.8. The van der Waals surface area contributed by atoms with Gasteiger partial charge < -0.3 is 4.74 Å². The fourth-order valence-corrected chi connectivity index (χ4v) is 3.30. The molecular formula is C16H13F6NO3S. The van der Waals surface area contributed by atoms with Crippen molar-refractivity contribution < 1.29 is 39.5 Å². The lowest BCUT2D eigenvalue weighted by Crippen LogP contribution is -2.26. The van der Waals surface area contributed by atoms with Crippen molar-refractivity contribution in [3.63, 3.8) is 0 Å². The minimum absolute atomic E-state index is 0.0821. The van der Waals surface area contributed by atoms with Crippen LogP contribution in [0.2, 0.25) is 0 Å². The zero-order valence-electron chi connectivity index (χ0n) is 13.4. The Morgan fingerprint density at radius 1 is 0.889 bits per heavy atom. The Labute approximate surface area is 150 Å². The van der Waals surface area contributed by atoms with Crippen molar-refractivity contribution in [2.45, 2.75) is 23.8 Å². The Kier molecular flexibility index (Phi) is 6.05. The van der Waals surface area contributed by atoms with Gasteiger partial charge in [0.1, 0.15) is 5.75 Å². The first-order chi connectivity index (χ1) is 12.4. The minimum Gasteiger partial charge on any atom is -0.484 e. The molecule has 0 bridgehead atoms. The lowest BCUT2D eigenvalue weighted by atomic mass is 10.2. The van der Waals surface area contributed by atoms with E-state index in [0.717, 1.165) is 18.2 Å². The predicted octanol–water partition coefficient (Wildman–Crippen LogP) is 4.13. The highest BCUT2D eigenvalue weighted by atomic mass is 32.2. The van der Waals surface area contributed by atoms with Gasteiger partial charge in [-0.3, -0.25) is 0 Å². The average Bonchev–Trinajstić information content (AvgIpc) is 2.58. The molecule has 0 atom stereocenters. The van der Waals surface area contributed by atoms with E-state index in [4.69, 9.17) is 0 Å². The lowest BCUT2D eigenvalue weighted by molar-refractivity contribution is -0.153. The Morgan fingerprint density at radius 3 is 2.04 bits per heavy atom. The molecule has 27 heavy (non-hydrogen) atoms. The van der Waals surface area contributed by atoms with E-state index in [1.54, 1.807) is 0 Å². The van der Waals surface area contributed by atoms with Gasteiger partial charge in [-0.15, -0.1) is 0 Å². The fourth-order valence-electron chi connectivity index (χ4n) is 2.06. The first kappa shape index (κ1) is 21.0. The number of rotatable bonds is 6. The van der Waals surface area contributed by atoms with E-state index in [9.17, 15) is 34.8 Å². The summed E-state index contributed by atoms with van der Waals surface area (Å²) in [5, 5.41) is 0. The number of nitrogens with one attached hydrogen (secondary N) is 1. The van der Waals surface area contributed by atoms with E-state index in [1.807, 2.05) is 4.72 Å². The lowest BCUT2D eigenvalue weighted by Gasteiger charge is -2.14. The quantitative estimate of drug-likeness (QED) is 0.725. The summed E-state index contributed by atoms with van der Waals surface area (Å²) in [7, 11) is -4.46. The molecule has 0 saturated heterocycles. The third kappa shape index (κ3) is 6.14. The molecular weight excluding hydrogens is 400 g/mol. The molecule has 2 aromatic carbocycles. The third-order valence-corrected chi connectivity index (χ3v) is 4.73. The van der Waals surface area contributed by atoms with Crippen LogP contribution in [0.3, 0.4) is 0 Å². The molecule has 0 heterocycles. The van der Waals surface area contributed by atoms with Crippen LogP contribution < -0.4 is 9.46 Å². The average molecular weight is 413 g/mol. The van der Waals surface area contributed by atoms with Crippen LogP contribution in [-0.4, -0.2) is 21.2 Å². The number of benzene rings is 2. The molecule has 0 aliphatic rings. The van der Waals surface area contributed by atoms with Gasteiger partial charge in [0.15, 0.2) is 6.61 Å². The molecule has 0 aromatic heterocycles. The molecule has 0 amide bonds. The van der Waals surface area contributed by atoms with Crippen LogP contribution in [0.25, 0.3) is 0 Å². The van der Waals surface area contributed by atoms with Crippen LogP contribution in [0, 0.1) is 0 Å². The van der Waals surface area contributed by atoms with E-state index in [0.29, 0.717) is 11.6 Å². The van der Waals surface area contributed by atoms with E-state index in [1.165, 1.54) is 24.3 Å². The summed E-state index contributed by atoms with van der Waals surface area (Å²) in [4.78, 5) is -0.914. The van der Waals surface area contributed by atoms with Crippen molar-refractivity contribution in [1.82, 2.24) is 4.72 Å². The summed E-state index contributed by atoms with van der Waals surface area (Å²) in [6.07, 6.45) is -9.34. The van der Waals surface area contributed by atoms with E-state index >= 15 is 0 Å². The molecule has 0 spiro atoms. The van der Waals surface area contributed by atoms with Crippen LogP contribution in [0.15, 0.2) is 53.4 Å². The second kappa shape index (κ2) is 7.77. The summed E-state index contributed by atoms with van der Waals surface area (Å²) in [5.41, 5.74) is -0.976. The predicted molar refractivity (Wildman–Crippen MR) is 83.5 cm³/mol. The Balaban J connectivity index is 2.08. The topological polar surface area (TPSA) is 55.4 Å². The summed E-state index contributed by atoms with van der Waals surface area (Å²) < 4.78 is 106. The second-order valence-corrected chi connectivity index (χ2v) is 7.10.